The summed E-state index contributed by atoms with van der Waals surface area (Å²) in [7, 11) is 2.15. The highest BCUT2D eigenvalue weighted by atomic mass is 19.1. The van der Waals surface area contributed by atoms with Gasteiger partial charge in [0.05, 0.1) is 31.1 Å². The molecular formula is C23H35FN6O4. The van der Waals surface area contributed by atoms with Gasteiger partial charge in [-0.15, -0.1) is 0 Å². The zero-order valence-electron chi connectivity index (χ0n) is 20.0. The number of carbonyl (C=O) groups is 2. The number of hydroxylamine groups is 2. The molecule has 3 aliphatic rings. The number of hydrogen-bond donors (Lipinski definition) is 1. The fraction of sp³-hybridized carbons (Fsp3) is 0.652. The van der Waals surface area contributed by atoms with Crippen LogP contribution in [0.2, 0.25) is 0 Å². The van der Waals surface area contributed by atoms with Crippen LogP contribution in [0, 0.1) is 5.82 Å². The van der Waals surface area contributed by atoms with Crippen LogP contribution in [-0.4, -0.2) is 119 Å². The average molecular weight is 479 g/mol. The molecule has 0 radical (unpaired) electrons. The molecule has 0 bridgehead atoms. The molecule has 3 fully saturated rings. The Morgan fingerprint density at radius 2 is 1.91 bits per heavy atom. The molecule has 3 aliphatic heterocycles. The van der Waals surface area contributed by atoms with Crippen LogP contribution in [0.4, 0.5) is 20.6 Å². The molecule has 3 saturated heterocycles. The minimum absolute atomic E-state index is 0.191. The lowest BCUT2D eigenvalue weighted by Crippen LogP contribution is -2.47. The number of piperazine rings is 1. The van der Waals surface area contributed by atoms with Gasteiger partial charge in [-0.1, -0.05) is 0 Å². The van der Waals surface area contributed by atoms with E-state index in [9.17, 15) is 9.59 Å². The standard InChI is InChI=1S/C23H35FN6O4/c1-18(31)25-16-20-17-30(23(32)34-20)19-3-4-22(21(24)15-19)28-10-12-29(33-14-13-28)11-9-27-7-5-26(2)6-8-27/h3-4,15,20H,5-14,16-17H2,1-2H3,(H,25,31). The molecule has 1 atom stereocenters. The maximum absolute atomic E-state index is 15.1. The van der Waals surface area contributed by atoms with E-state index in [2.05, 4.69) is 22.2 Å². The van der Waals surface area contributed by atoms with E-state index in [1.807, 2.05) is 9.96 Å². The molecule has 34 heavy (non-hydrogen) atoms. The largest absolute Gasteiger partial charge is 0.442 e. The minimum atomic E-state index is -0.540. The molecule has 4 rings (SSSR count). The number of carbonyl (C=O) groups excluding carboxylic acids is 2. The van der Waals surface area contributed by atoms with Crippen molar-refractivity contribution in [2.45, 2.75) is 13.0 Å². The summed E-state index contributed by atoms with van der Waals surface area (Å²) in [5, 5.41) is 4.62. The van der Waals surface area contributed by atoms with Gasteiger partial charge >= 0.3 is 6.09 Å². The van der Waals surface area contributed by atoms with Gasteiger partial charge in [0.2, 0.25) is 5.91 Å². The Morgan fingerprint density at radius 3 is 2.65 bits per heavy atom. The van der Waals surface area contributed by atoms with Gasteiger partial charge in [-0.2, -0.15) is 5.06 Å². The van der Waals surface area contributed by atoms with Crippen LogP contribution < -0.4 is 15.1 Å². The Balaban J connectivity index is 1.30. The second-order valence-corrected chi connectivity index (χ2v) is 9.08. The Kier molecular flexibility index (Phi) is 8.19. The first-order chi connectivity index (χ1) is 16.4. The third-order valence-electron chi connectivity index (χ3n) is 6.55. The number of halogens is 1. The lowest BCUT2D eigenvalue weighted by Gasteiger charge is -2.33. The predicted molar refractivity (Wildman–Crippen MR) is 126 cm³/mol. The molecule has 188 valence electrons. The van der Waals surface area contributed by atoms with E-state index in [1.54, 1.807) is 12.1 Å². The van der Waals surface area contributed by atoms with Gasteiger partial charge in [0.15, 0.2) is 0 Å². The van der Waals surface area contributed by atoms with Crippen LogP contribution in [0.3, 0.4) is 0 Å². The van der Waals surface area contributed by atoms with Crippen molar-refractivity contribution in [1.82, 2.24) is 20.2 Å². The van der Waals surface area contributed by atoms with E-state index in [1.165, 1.54) is 17.9 Å². The normalized spacial score (nSPS) is 23.1. The molecule has 3 heterocycles. The summed E-state index contributed by atoms with van der Waals surface area (Å²) in [6.45, 7) is 10.5. The fourth-order valence-electron chi connectivity index (χ4n) is 4.45. The molecule has 1 N–H and O–H groups in total. The van der Waals surface area contributed by atoms with E-state index in [-0.39, 0.29) is 24.8 Å². The Labute approximate surface area is 200 Å². The maximum Gasteiger partial charge on any atom is 0.414 e. The van der Waals surface area contributed by atoms with Crippen molar-refractivity contribution in [3.05, 3.63) is 24.0 Å². The van der Waals surface area contributed by atoms with Crippen molar-refractivity contribution in [3.8, 4) is 0 Å². The van der Waals surface area contributed by atoms with E-state index in [0.29, 0.717) is 37.6 Å². The molecule has 1 unspecified atom stereocenters. The van der Waals surface area contributed by atoms with Crippen molar-refractivity contribution in [2.24, 2.45) is 0 Å². The molecular weight excluding hydrogens is 443 g/mol. The number of benzene rings is 1. The summed E-state index contributed by atoms with van der Waals surface area (Å²) in [6.07, 6.45) is -1.000. The average Bonchev–Trinajstić information content (AvgIpc) is 3.03. The number of nitrogens with one attached hydrogen (secondary N) is 1. The highest BCUT2D eigenvalue weighted by Crippen LogP contribution is 2.28. The van der Waals surface area contributed by atoms with Crippen molar-refractivity contribution in [3.63, 3.8) is 0 Å². The number of ether oxygens (including phenoxy) is 1. The second-order valence-electron chi connectivity index (χ2n) is 9.08. The molecule has 1 aromatic rings. The summed E-state index contributed by atoms with van der Waals surface area (Å²) in [5.41, 5.74) is 0.937. The van der Waals surface area contributed by atoms with Crippen molar-refractivity contribution in [2.75, 3.05) is 95.4 Å². The fourth-order valence-corrected chi connectivity index (χ4v) is 4.45. The summed E-state index contributed by atoms with van der Waals surface area (Å²) in [5.74, 6) is -0.578. The maximum atomic E-state index is 15.1. The molecule has 0 saturated carbocycles. The van der Waals surface area contributed by atoms with Crippen molar-refractivity contribution >= 4 is 23.4 Å². The van der Waals surface area contributed by atoms with E-state index in [4.69, 9.17) is 9.57 Å². The van der Waals surface area contributed by atoms with Crippen molar-refractivity contribution < 1.29 is 23.6 Å². The number of anilines is 2. The summed E-state index contributed by atoms with van der Waals surface area (Å²) < 4.78 is 20.4. The third kappa shape index (κ3) is 6.35. The zero-order valence-corrected chi connectivity index (χ0v) is 20.0. The topological polar surface area (TPSA) is 80.8 Å². The smallest absolute Gasteiger partial charge is 0.414 e. The van der Waals surface area contributed by atoms with Gasteiger partial charge in [-0.3, -0.25) is 19.4 Å². The van der Waals surface area contributed by atoms with Crippen LogP contribution >= 0.6 is 0 Å². The number of rotatable bonds is 7. The zero-order chi connectivity index (χ0) is 24.1. The van der Waals surface area contributed by atoms with E-state index < -0.39 is 12.2 Å². The van der Waals surface area contributed by atoms with Crippen LogP contribution in [0.15, 0.2) is 18.2 Å². The van der Waals surface area contributed by atoms with Crippen LogP contribution in [0.5, 0.6) is 0 Å². The predicted octanol–water partition coefficient (Wildman–Crippen LogP) is 0.588. The highest BCUT2D eigenvalue weighted by Gasteiger charge is 2.33. The quantitative estimate of drug-likeness (QED) is 0.610. The highest BCUT2D eigenvalue weighted by molar-refractivity contribution is 5.90. The molecule has 1 aromatic carbocycles. The molecule has 0 aliphatic carbocycles. The Morgan fingerprint density at radius 1 is 1.12 bits per heavy atom. The van der Waals surface area contributed by atoms with Crippen LogP contribution in [0.1, 0.15) is 6.92 Å². The Hall–Kier alpha value is -2.47. The molecule has 0 aromatic heterocycles. The summed E-state index contributed by atoms with van der Waals surface area (Å²) in [6, 6.07) is 4.81. The molecule has 0 spiro atoms. The first-order valence-corrected chi connectivity index (χ1v) is 11.9. The number of amides is 2. The van der Waals surface area contributed by atoms with Gasteiger partial charge in [0.25, 0.3) is 0 Å². The SMILES string of the molecule is CC(=O)NCC1CN(c2ccc(N3CCON(CCN4CCN(C)CC4)CC3)c(F)c2)C(=O)O1. The monoisotopic (exact) mass is 478 g/mol. The molecule has 11 heteroatoms. The molecule has 10 nitrogen and oxygen atoms in total. The second kappa shape index (κ2) is 11.3. The lowest BCUT2D eigenvalue weighted by molar-refractivity contribution is -0.150. The Bertz CT molecular complexity index is 866. The number of nitrogens with zero attached hydrogens (tertiary/aromatic N) is 5. The lowest BCUT2D eigenvalue weighted by atomic mass is 10.2. The van der Waals surface area contributed by atoms with E-state index >= 15 is 4.39 Å². The van der Waals surface area contributed by atoms with Crippen LogP contribution in [0.25, 0.3) is 0 Å². The van der Waals surface area contributed by atoms with E-state index in [0.717, 1.165) is 39.3 Å². The minimum Gasteiger partial charge on any atom is -0.442 e. The number of cyclic esters (lactones) is 1. The van der Waals surface area contributed by atoms with Crippen molar-refractivity contribution in [1.29, 1.82) is 0 Å². The van der Waals surface area contributed by atoms with Gasteiger partial charge in [-0.05, 0) is 25.2 Å². The molecule has 2 amide bonds. The summed E-state index contributed by atoms with van der Waals surface area (Å²) in [4.78, 5) is 37.4. The first kappa shape index (κ1) is 24.6. The van der Waals surface area contributed by atoms with Gasteiger partial charge in [-0.25, -0.2) is 9.18 Å². The summed E-state index contributed by atoms with van der Waals surface area (Å²) >= 11 is 0. The van der Waals surface area contributed by atoms with Gasteiger partial charge < -0.3 is 19.9 Å². The van der Waals surface area contributed by atoms with Crippen LogP contribution in [-0.2, 0) is 14.4 Å². The van der Waals surface area contributed by atoms with Gasteiger partial charge in [0, 0.05) is 65.8 Å². The first-order valence-electron chi connectivity index (χ1n) is 11.9. The number of likely N-dealkylation sites (N-methyl/N-ethyl adjacent to an activating group) is 1. The third-order valence-corrected chi connectivity index (χ3v) is 6.55. The van der Waals surface area contributed by atoms with Gasteiger partial charge in [0.1, 0.15) is 11.9 Å². The number of hydrogen-bond acceptors (Lipinski definition) is 8.